The fourth-order valence-electron chi connectivity index (χ4n) is 3.19. The van der Waals surface area contributed by atoms with E-state index in [1.807, 2.05) is 55.5 Å². The maximum Gasteiger partial charge on any atom is 0.234 e. The highest BCUT2D eigenvalue weighted by Crippen LogP contribution is 2.32. The fourth-order valence-corrected chi connectivity index (χ4v) is 3.19. The number of piperidine rings is 1. The first-order chi connectivity index (χ1) is 11.5. The Hall–Kier alpha value is -2.42. The maximum absolute atomic E-state index is 12.6. The molecule has 2 amide bonds. The lowest BCUT2D eigenvalue weighted by atomic mass is 9.88. The Labute approximate surface area is 143 Å². The molecule has 0 bridgehead atoms. The molecule has 0 N–H and O–H groups in total. The van der Waals surface area contributed by atoms with Gasteiger partial charge in [-0.15, -0.1) is 0 Å². The minimum absolute atomic E-state index is 0.0169. The molecule has 0 unspecified atom stereocenters. The number of nitrogens with zero attached hydrogens (tertiary/aromatic N) is 1. The molecule has 124 valence electrons. The third kappa shape index (κ3) is 3.25. The second-order valence-electron chi connectivity index (χ2n) is 6.88. The summed E-state index contributed by atoms with van der Waals surface area (Å²) < 4.78 is 0. The van der Waals surface area contributed by atoms with Crippen molar-refractivity contribution >= 4 is 17.5 Å². The van der Waals surface area contributed by atoms with Crippen molar-refractivity contribution in [3.8, 4) is 0 Å². The number of carbonyl (C=O) groups is 2. The van der Waals surface area contributed by atoms with E-state index in [9.17, 15) is 9.59 Å². The number of amides is 2. The first-order valence-electron chi connectivity index (χ1n) is 8.48. The average Bonchev–Trinajstić information content (AvgIpc) is 2.55. The highest BCUT2D eigenvalue weighted by molar-refractivity contribution is 6.17. The number of benzene rings is 2. The quantitative estimate of drug-likeness (QED) is 0.777. The van der Waals surface area contributed by atoms with Gasteiger partial charge in [0.2, 0.25) is 11.8 Å². The van der Waals surface area contributed by atoms with Crippen molar-refractivity contribution in [2.75, 3.05) is 4.90 Å². The highest BCUT2D eigenvalue weighted by atomic mass is 16.2. The molecule has 1 heterocycles. The van der Waals surface area contributed by atoms with Crippen LogP contribution < -0.4 is 4.90 Å². The first kappa shape index (κ1) is 16.4. The SMILES string of the molecule is Cc1ccc(C2CC(=O)N(c3ccc(C(C)C)cc3)C(=O)C2)cc1. The Bertz CT molecular complexity index is 726. The molecule has 1 fully saturated rings. The zero-order valence-corrected chi connectivity index (χ0v) is 14.5. The van der Waals surface area contributed by atoms with E-state index in [1.54, 1.807) is 0 Å². The lowest BCUT2D eigenvalue weighted by molar-refractivity contribution is -0.129. The molecule has 0 atom stereocenters. The minimum atomic E-state index is -0.117. The van der Waals surface area contributed by atoms with Crippen molar-refractivity contribution in [3.63, 3.8) is 0 Å². The largest absolute Gasteiger partial charge is 0.274 e. The number of aryl methyl sites for hydroxylation is 1. The van der Waals surface area contributed by atoms with Crippen molar-refractivity contribution < 1.29 is 9.59 Å². The minimum Gasteiger partial charge on any atom is -0.274 e. The van der Waals surface area contributed by atoms with Crippen LogP contribution in [0, 0.1) is 6.92 Å². The van der Waals surface area contributed by atoms with Crippen LogP contribution in [0.1, 0.15) is 55.2 Å². The molecule has 1 aliphatic heterocycles. The van der Waals surface area contributed by atoms with Crippen LogP contribution in [0.2, 0.25) is 0 Å². The van der Waals surface area contributed by atoms with Crippen LogP contribution in [0.3, 0.4) is 0 Å². The van der Waals surface area contributed by atoms with Gasteiger partial charge in [-0.1, -0.05) is 55.8 Å². The summed E-state index contributed by atoms with van der Waals surface area (Å²) in [7, 11) is 0. The molecule has 3 rings (SSSR count). The normalized spacial score (nSPS) is 16.1. The van der Waals surface area contributed by atoms with E-state index in [4.69, 9.17) is 0 Å². The summed E-state index contributed by atoms with van der Waals surface area (Å²) in [6, 6.07) is 15.8. The zero-order valence-electron chi connectivity index (χ0n) is 14.5. The predicted molar refractivity (Wildman–Crippen MR) is 96.2 cm³/mol. The smallest absolute Gasteiger partial charge is 0.234 e. The Morgan fingerprint density at radius 1 is 0.875 bits per heavy atom. The van der Waals surface area contributed by atoms with E-state index in [-0.39, 0.29) is 17.7 Å². The molecular weight excluding hydrogens is 298 g/mol. The van der Waals surface area contributed by atoms with E-state index < -0.39 is 0 Å². The molecule has 1 aliphatic rings. The third-order valence-corrected chi connectivity index (χ3v) is 4.71. The van der Waals surface area contributed by atoms with Gasteiger partial charge in [-0.05, 0) is 36.1 Å². The monoisotopic (exact) mass is 321 g/mol. The third-order valence-electron chi connectivity index (χ3n) is 4.71. The number of carbonyl (C=O) groups excluding carboxylic acids is 2. The van der Waals surface area contributed by atoms with Gasteiger partial charge < -0.3 is 0 Å². The lowest BCUT2D eigenvalue weighted by Gasteiger charge is -2.30. The van der Waals surface area contributed by atoms with Gasteiger partial charge in [0.1, 0.15) is 0 Å². The van der Waals surface area contributed by atoms with Gasteiger partial charge in [0.25, 0.3) is 0 Å². The number of hydrogen-bond acceptors (Lipinski definition) is 2. The second-order valence-corrected chi connectivity index (χ2v) is 6.88. The van der Waals surface area contributed by atoms with Gasteiger partial charge in [0.15, 0.2) is 0 Å². The van der Waals surface area contributed by atoms with Crippen LogP contribution in [0.4, 0.5) is 5.69 Å². The molecule has 1 saturated heterocycles. The summed E-state index contributed by atoms with van der Waals surface area (Å²) in [5.41, 5.74) is 4.13. The predicted octanol–water partition coefficient (Wildman–Crippen LogP) is 4.56. The van der Waals surface area contributed by atoms with Crippen molar-refractivity contribution in [2.45, 2.75) is 45.4 Å². The number of rotatable bonds is 3. The van der Waals surface area contributed by atoms with Gasteiger partial charge in [-0.25, -0.2) is 0 Å². The summed E-state index contributed by atoms with van der Waals surface area (Å²) in [5.74, 6) is 0.178. The summed E-state index contributed by atoms with van der Waals surface area (Å²) >= 11 is 0. The first-order valence-corrected chi connectivity index (χ1v) is 8.48. The Morgan fingerprint density at radius 2 is 1.42 bits per heavy atom. The van der Waals surface area contributed by atoms with Gasteiger partial charge >= 0.3 is 0 Å². The number of hydrogen-bond donors (Lipinski definition) is 0. The average molecular weight is 321 g/mol. The summed E-state index contributed by atoms with van der Waals surface area (Å²) in [4.78, 5) is 26.5. The van der Waals surface area contributed by atoms with Crippen LogP contribution >= 0.6 is 0 Å². The maximum atomic E-state index is 12.6. The molecule has 0 radical (unpaired) electrons. The topological polar surface area (TPSA) is 37.4 Å². The summed E-state index contributed by atoms with van der Waals surface area (Å²) in [6.45, 7) is 6.28. The standard InChI is InChI=1S/C21H23NO2/c1-14(2)16-8-10-19(11-9-16)22-20(23)12-18(13-21(22)24)17-6-4-15(3)5-7-17/h4-11,14,18H,12-13H2,1-3H3. The number of imide groups is 1. The Morgan fingerprint density at radius 3 is 1.92 bits per heavy atom. The summed E-state index contributed by atoms with van der Waals surface area (Å²) in [5, 5.41) is 0. The Balaban J connectivity index is 1.79. The fraction of sp³-hybridized carbons (Fsp3) is 0.333. The molecule has 0 aromatic heterocycles. The highest BCUT2D eigenvalue weighted by Gasteiger charge is 2.34. The van der Waals surface area contributed by atoms with E-state index in [0.29, 0.717) is 24.4 Å². The van der Waals surface area contributed by atoms with Crippen molar-refractivity contribution in [1.82, 2.24) is 0 Å². The van der Waals surface area contributed by atoms with Gasteiger partial charge in [0, 0.05) is 18.8 Å². The zero-order chi connectivity index (χ0) is 17.3. The molecule has 2 aromatic rings. The molecule has 0 aliphatic carbocycles. The van der Waals surface area contributed by atoms with E-state index in [2.05, 4.69) is 13.8 Å². The Kier molecular flexibility index (Phi) is 4.52. The molecule has 2 aromatic carbocycles. The van der Waals surface area contributed by atoms with Crippen LogP contribution in [-0.2, 0) is 9.59 Å². The second kappa shape index (κ2) is 6.60. The van der Waals surface area contributed by atoms with E-state index in [0.717, 1.165) is 5.56 Å². The summed E-state index contributed by atoms with van der Waals surface area (Å²) in [6.07, 6.45) is 0.751. The van der Waals surface area contributed by atoms with Crippen molar-refractivity contribution in [1.29, 1.82) is 0 Å². The molecule has 0 saturated carbocycles. The molecule has 3 heteroatoms. The lowest BCUT2D eigenvalue weighted by Crippen LogP contribution is -2.42. The molecule has 0 spiro atoms. The van der Waals surface area contributed by atoms with Crippen molar-refractivity contribution in [2.24, 2.45) is 0 Å². The van der Waals surface area contributed by atoms with Crippen LogP contribution in [0.5, 0.6) is 0 Å². The molecular formula is C21H23NO2. The van der Waals surface area contributed by atoms with E-state index in [1.165, 1.54) is 16.0 Å². The van der Waals surface area contributed by atoms with Crippen LogP contribution in [0.25, 0.3) is 0 Å². The van der Waals surface area contributed by atoms with Gasteiger partial charge in [-0.2, -0.15) is 0 Å². The molecule has 24 heavy (non-hydrogen) atoms. The van der Waals surface area contributed by atoms with Gasteiger partial charge in [-0.3, -0.25) is 14.5 Å². The van der Waals surface area contributed by atoms with Crippen LogP contribution in [0.15, 0.2) is 48.5 Å². The molecule has 3 nitrogen and oxygen atoms in total. The van der Waals surface area contributed by atoms with Crippen LogP contribution in [-0.4, -0.2) is 11.8 Å². The van der Waals surface area contributed by atoms with E-state index >= 15 is 0 Å². The van der Waals surface area contributed by atoms with Gasteiger partial charge in [0.05, 0.1) is 5.69 Å². The number of anilines is 1. The van der Waals surface area contributed by atoms with Crippen molar-refractivity contribution in [3.05, 3.63) is 65.2 Å².